The number of rotatable bonds is 4. The lowest BCUT2D eigenvalue weighted by molar-refractivity contribution is -0.384. The second-order valence-electron chi connectivity index (χ2n) is 6.65. The summed E-state index contributed by atoms with van der Waals surface area (Å²) in [5, 5.41) is 13.2. The predicted molar refractivity (Wildman–Crippen MR) is 119 cm³/mol. The van der Waals surface area contributed by atoms with Crippen molar-refractivity contribution in [2.24, 2.45) is 7.05 Å². The number of hydrogen-bond acceptors (Lipinski definition) is 2. The molecule has 0 aliphatic carbocycles. The third kappa shape index (κ3) is 3.65. The summed E-state index contributed by atoms with van der Waals surface area (Å²) in [4.78, 5) is 10.8. The van der Waals surface area contributed by atoms with Gasteiger partial charge in [-0.1, -0.05) is 59.6 Å². The molecule has 4 aromatic rings. The van der Waals surface area contributed by atoms with Gasteiger partial charge in [0, 0.05) is 57.0 Å². The normalized spacial score (nSPS) is 11.8. The van der Waals surface area contributed by atoms with Gasteiger partial charge in [-0.15, -0.1) is 0 Å². The van der Waals surface area contributed by atoms with Crippen molar-refractivity contribution in [1.82, 2.24) is 4.57 Å². The minimum atomic E-state index is -0.388. The zero-order valence-corrected chi connectivity index (χ0v) is 17.0. The second-order valence-corrected chi connectivity index (χ2v) is 7.46. The van der Waals surface area contributed by atoms with E-state index in [2.05, 4.69) is 0 Å². The first-order chi connectivity index (χ1) is 14.0. The first kappa shape index (κ1) is 19.2. The van der Waals surface area contributed by atoms with Gasteiger partial charge in [0.1, 0.15) is 0 Å². The van der Waals surface area contributed by atoms with Crippen LogP contribution in [-0.2, 0) is 7.05 Å². The van der Waals surface area contributed by atoms with Gasteiger partial charge in [-0.3, -0.25) is 10.1 Å². The number of aromatic nitrogens is 1. The van der Waals surface area contributed by atoms with Crippen molar-refractivity contribution in [1.29, 1.82) is 0 Å². The Hall–Kier alpha value is -3.08. The fourth-order valence-corrected chi connectivity index (χ4v) is 3.85. The maximum Gasteiger partial charge on any atom is 0.270 e. The molecule has 0 unspecified atom stereocenters. The number of benzene rings is 3. The Kier molecular flexibility index (Phi) is 5.14. The van der Waals surface area contributed by atoms with E-state index in [1.54, 1.807) is 12.1 Å². The van der Waals surface area contributed by atoms with Crippen molar-refractivity contribution in [2.45, 2.75) is 0 Å². The Morgan fingerprint density at radius 2 is 1.66 bits per heavy atom. The highest BCUT2D eigenvalue weighted by atomic mass is 35.5. The molecule has 0 N–H and O–H groups in total. The summed E-state index contributed by atoms with van der Waals surface area (Å²) < 4.78 is 2.01. The van der Waals surface area contributed by atoms with Crippen molar-refractivity contribution < 1.29 is 4.92 Å². The van der Waals surface area contributed by atoms with Crippen LogP contribution in [-0.4, -0.2) is 9.49 Å². The summed E-state index contributed by atoms with van der Waals surface area (Å²) >= 11 is 12.9. The van der Waals surface area contributed by atoms with Crippen LogP contribution in [0.25, 0.3) is 22.6 Å². The summed E-state index contributed by atoms with van der Waals surface area (Å²) in [6, 6.07) is 22.0. The van der Waals surface area contributed by atoms with E-state index in [1.165, 1.54) is 6.07 Å². The highest BCUT2D eigenvalue weighted by Gasteiger charge is 2.17. The molecule has 1 heterocycles. The Labute approximate surface area is 177 Å². The van der Waals surface area contributed by atoms with Crippen LogP contribution in [0.4, 0.5) is 5.69 Å². The van der Waals surface area contributed by atoms with Gasteiger partial charge in [0.2, 0.25) is 0 Å². The van der Waals surface area contributed by atoms with Crippen molar-refractivity contribution in [3.63, 3.8) is 0 Å². The number of nitro benzene ring substituents is 1. The zero-order chi connectivity index (χ0) is 20.5. The molecule has 0 spiro atoms. The lowest BCUT2D eigenvalue weighted by Crippen LogP contribution is -1.98. The fraction of sp³-hybridized carbons (Fsp3) is 0.0435. The van der Waals surface area contributed by atoms with Crippen molar-refractivity contribution >= 4 is 51.4 Å². The lowest BCUT2D eigenvalue weighted by Gasteiger charge is -2.13. The molecule has 0 radical (unpaired) electrons. The summed E-state index contributed by atoms with van der Waals surface area (Å²) in [6.45, 7) is 0. The number of non-ortho nitro benzene ring substituents is 1. The van der Waals surface area contributed by atoms with Gasteiger partial charge >= 0.3 is 0 Å². The summed E-state index contributed by atoms with van der Waals surface area (Å²) in [5.74, 6) is 0. The summed E-state index contributed by atoms with van der Waals surface area (Å²) in [5.41, 5.74) is 4.43. The van der Waals surface area contributed by atoms with Gasteiger partial charge < -0.3 is 4.57 Å². The quantitative estimate of drug-likeness (QED) is 0.202. The molecular formula is C23H16Cl2N2O2. The summed E-state index contributed by atoms with van der Waals surface area (Å²) in [6.07, 6.45) is 1.99. The Morgan fingerprint density at radius 3 is 2.34 bits per heavy atom. The van der Waals surface area contributed by atoms with E-state index in [-0.39, 0.29) is 10.6 Å². The zero-order valence-electron chi connectivity index (χ0n) is 15.5. The van der Waals surface area contributed by atoms with Gasteiger partial charge in [-0.05, 0) is 35.9 Å². The van der Waals surface area contributed by atoms with E-state index < -0.39 is 0 Å². The van der Waals surface area contributed by atoms with Gasteiger partial charge in [0.15, 0.2) is 0 Å². The van der Waals surface area contributed by atoms with Gasteiger partial charge in [-0.25, -0.2) is 0 Å². The first-order valence-electron chi connectivity index (χ1n) is 8.91. The average molecular weight is 423 g/mol. The van der Waals surface area contributed by atoms with Crippen LogP contribution in [0.1, 0.15) is 16.8 Å². The van der Waals surface area contributed by atoms with E-state index in [0.29, 0.717) is 10.0 Å². The average Bonchev–Trinajstić information content (AvgIpc) is 3.04. The molecule has 0 amide bonds. The van der Waals surface area contributed by atoms with Crippen LogP contribution >= 0.6 is 23.2 Å². The predicted octanol–water partition coefficient (Wildman–Crippen LogP) is 6.98. The summed E-state index contributed by atoms with van der Waals surface area (Å²) in [7, 11) is 1.93. The molecule has 4 rings (SSSR count). The largest absolute Gasteiger partial charge is 0.344 e. The standard InChI is InChI=1S/C23H16Cl2N2O2/c1-26-22-11-10-17(27(28)29)12-16(22)14-23(26)19(18-7-3-5-9-21(18)25)13-15-6-2-4-8-20(15)24/h2-14H,1H3. The molecule has 6 heteroatoms. The highest BCUT2D eigenvalue weighted by Crippen LogP contribution is 2.35. The Morgan fingerprint density at radius 1 is 0.966 bits per heavy atom. The Balaban J connectivity index is 1.99. The number of hydrogen-bond donors (Lipinski definition) is 0. The molecule has 0 aliphatic rings. The van der Waals surface area contributed by atoms with Gasteiger partial charge in [0.25, 0.3) is 5.69 Å². The van der Waals surface area contributed by atoms with Crippen LogP contribution in [0.5, 0.6) is 0 Å². The number of aryl methyl sites for hydroxylation is 1. The van der Waals surface area contributed by atoms with Gasteiger partial charge in [0.05, 0.1) is 4.92 Å². The molecule has 0 aliphatic heterocycles. The fourth-order valence-electron chi connectivity index (χ4n) is 3.43. The SMILES string of the molecule is Cn1c(C(=Cc2ccccc2Cl)c2ccccc2Cl)cc2cc([N+](=O)[O-])ccc21. The van der Waals surface area contributed by atoms with E-state index >= 15 is 0 Å². The highest BCUT2D eigenvalue weighted by molar-refractivity contribution is 6.33. The van der Waals surface area contributed by atoms with Gasteiger partial charge in [-0.2, -0.15) is 0 Å². The van der Waals surface area contributed by atoms with E-state index in [1.807, 2.05) is 72.3 Å². The van der Waals surface area contributed by atoms with Crippen molar-refractivity contribution in [3.05, 3.63) is 110 Å². The first-order valence-corrected chi connectivity index (χ1v) is 9.66. The molecule has 0 saturated carbocycles. The number of halogens is 2. The lowest BCUT2D eigenvalue weighted by atomic mass is 9.99. The number of nitro groups is 1. The Bertz CT molecular complexity index is 1280. The van der Waals surface area contributed by atoms with E-state index in [9.17, 15) is 10.1 Å². The maximum absolute atomic E-state index is 11.2. The van der Waals surface area contributed by atoms with Crippen LogP contribution in [0, 0.1) is 10.1 Å². The third-order valence-corrected chi connectivity index (χ3v) is 5.56. The molecule has 0 fully saturated rings. The molecule has 0 bridgehead atoms. The van der Waals surface area contributed by atoms with Crippen molar-refractivity contribution in [2.75, 3.05) is 0 Å². The van der Waals surface area contributed by atoms with Crippen LogP contribution in [0.3, 0.4) is 0 Å². The third-order valence-electron chi connectivity index (χ3n) is 4.88. The van der Waals surface area contributed by atoms with Crippen molar-refractivity contribution in [3.8, 4) is 0 Å². The topological polar surface area (TPSA) is 48.1 Å². The maximum atomic E-state index is 11.2. The molecular weight excluding hydrogens is 407 g/mol. The molecule has 144 valence electrons. The number of nitrogens with zero attached hydrogens (tertiary/aromatic N) is 2. The minimum absolute atomic E-state index is 0.0593. The van der Waals surface area contributed by atoms with Crippen LogP contribution in [0.2, 0.25) is 10.0 Å². The van der Waals surface area contributed by atoms with E-state index in [0.717, 1.165) is 33.3 Å². The van der Waals surface area contributed by atoms with Crippen LogP contribution < -0.4 is 0 Å². The van der Waals surface area contributed by atoms with Crippen LogP contribution in [0.15, 0.2) is 72.8 Å². The molecule has 29 heavy (non-hydrogen) atoms. The molecule has 0 atom stereocenters. The molecule has 0 saturated heterocycles. The molecule has 1 aromatic heterocycles. The molecule has 3 aromatic carbocycles. The van der Waals surface area contributed by atoms with E-state index in [4.69, 9.17) is 23.2 Å². The second kappa shape index (κ2) is 7.74. The number of fused-ring (bicyclic) bond motifs is 1. The molecule has 4 nitrogen and oxygen atoms in total. The minimum Gasteiger partial charge on any atom is -0.344 e. The smallest absolute Gasteiger partial charge is 0.270 e. The monoisotopic (exact) mass is 422 g/mol.